The number of aryl methyl sites for hydroxylation is 1. The van der Waals surface area contributed by atoms with Crippen molar-refractivity contribution in [2.45, 2.75) is 39.7 Å². The fourth-order valence-corrected chi connectivity index (χ4v) is 2.18. The first-order chi connectivity index (χ1) is 8.18. The quantitative estimate of drug-likeness (QED) is 0.748. The van der Waals surface area contributed by atoms with Crippen molar-refractivity contribution in [3.05, 3.63) is 34.2 Å². The summed E-state index contributed by atoms with van der Waals surface area (Å²) < 4.78 is 1.91. The van der Waals surface area contributed by atoms with Crippen molar-refractivity contribution < 1.29 is 0 Å². The normalized spacial score (nSPS) is 17.4. The van der Waals surface area contributed by atoms with Gasteiger partial charge in [0.25, 0.3) is 5.56 Å². The Morgan fingerprint density at radius 2 is 1.82 bits per heavy atom. The maximum absolute atomic E-state index is 11.9. The minimum Gasteiger partial charge on any atom is -0.312 e. The number of nitrogens with zero attached hydrogens (tertiary/aromatic N) is 2. The largest absolute Gasteiger partial charge is 0.312 e. The average molecular weight is 236 g/mol. The van der Waals surface area contributed by atoms with Gasteiger partial charge in [-0.05, 0) is 46.0 Å². The predicted octanol–water partition coefficient (Wildman–Crippen LogP) is 2.45. The summed E-state index contributed by atoms with van der Waals surface area (Å²) in [7, 11) is 2.13. The van der Waals surface area contributed by atoms with Crippen LogP contribution in [0.3, 0.4) is 0 Å². The molecule has 1 saturated heterocycles. The minimum atomic E-state index is 0.173. The lowest BCUT2D eigenvalue weighted by Gasteiger charge is -2.30. The maximum atomic E-state index is 11.9. The third-order valence-corrected chi connectivity index (χ3v) is 3.25. The summed E-state index contributed by atoms with van der Waals surface area (Å²) in [5, 5.41) is 0. The number of piperidine rings is 1. The van der Waals surface area contributed by atoms with Crippen LogP contribution in [0.15, 0.2) is 23.1 Å². The molecular formula is C14H24N2O. The van der Waals surface area contributed by atoms with E-state index < -0.39 is 0 Å². The van der Waals surface area contributed by atoms with Gasteiger partial charge in [0, 0.05) is 17.8 Å². The van der Waals surface area contributed by atoms with Gasteiger partial charge in [0.1, 0.15) is 0 Å². The number of aromatic nitrogens is 1. The summed E-state index contributed by atoms with van der Waals surface area (Å²) in [5.74, 6) is 0. The lowest BCUT2D eigenvalue weighted by Crippen LogP contribution is -2.35. The Balaban J connectivity index is 0.000000686. The second-order valence-electron chi connectivity index (χ2n) is 4.44. The first-order valence-corrected chi connectivity index (χ1v) is 6.55. The Labute approximate surface area is 104 Å². The van der Waals surface area contributed by atoms with Gasteiger partial charge in [-0.25, -0.2) is 0 Å². The van der Waals surface area contributed by atoms with Gasteiger partial charge in [0.2, 0.25) is 0 Å². The molecule has 2 heterocycles. The monoisotopic (exact) mass is 236 g/mol. The Morgan fingerprint density at radius 3 is 2.41 bits per heavy atom. The van der Waals surface area contributed by atoms with Crippen LogP contribution in [-0.4, -0.2) is 29.6 Å². The lowest BCUT2D eigenvalue weighted by atomic mass is 10.0. The van der Waals surface area contributed by atoms with Gasteiger partial charge < -0.3 is 9.47 Å². The third kappa shape index (κ3) is 3.43. The smallest absolute Gasteiger partial charge is 0.253 e. The highest BCUT2D eigenvalue weighted by Crippen LogP contribution is 2.19. The first-order valence-electron chi connectivity index (χ1n) is 6.55. The fourth-order valence-electron chi connectivity index (χ4n) is 2.18. The van der Waals surface area contributed by atoms with E-state index in [1.165, 1.54) is 0 Å². The van der Waals surface area contributed by atoms with E-state index in [0.29, 0.717) is 6.04 Å². The SMILES string of the molecule is CC.Cc1cccn(C2CCN(C)CC2)c1=O. The zero-order valence-corrected chi connectivity index (χ0v) is 11.4. The Bertz CT molecular complexity index is 389. The number of rotatable bonds is 1. The van der Waals surface area contributed by atoms with Crippen LogP contribution in [0.5, 0.6) is 0 Å². The van der Waals surface area contributed by atoms with E-state index in [2.05, 4.69) is 11.9 Å². The molecule has 3 nitrogen and oxygen atoms in total. The van der Waals surface area contributed by atoms with E-state index in [1.54, 1.807) is 0 Å². The zero-order chi connectivity index (χ0) is 12.8. The molecule has 0 aliphatic carbocycles. The molecule has 0 unspecified atom stereocenters. The zero-order valence-electron chi connectivity index (χ0n) is 11.4. The van der Waals surface area contributed by atoms with Crippen molar-refractivity contribution in [2.75, 3.05) is 20.1 Å². The van der Waals surface area contributed by atoms with E-state index in [1.807, 2.05) is 43.7 Å². The molecule has 1 aromatic heterocycles. The molecule has 0 N–H and O–H groups in total. The molecule has 1 aromatic rings. The van der Waals surface area contributed by atoms with Gasteiger partial charge in [0.05, 0.1) is 0 Å². The average Bonchev–Trinajstić information content (AvgIpc) is 2.37. The maximum Gasteiger partial charge on any atom is 0.253 e. The van der Waals surface area contributed by atoms with E-state index in [4.69, 9.17) is 0 Å². The summed E-state index contributed by atoms with van der Waals surface area (Å²) in [4.78, 5) is 14.2. The molecule has 0 spiro atoms. The summed E-state index contributed by atoms with van der Waals surface area (Å²) in [6.07, 6.45) is 4.09. The van der Waals surface area contributed by atoms with Gasteiger partial charge >= 0.3 is 0 Å². The van der Waals surface area contributed by atoms with E-state index in [-0.39, 0.29) is 5.56 Å². The van der Waals surface area contributed by atoms with Gasteiger partial charge in [-0.15, -0.1) is 0 Å². The Kier molecular flexibility index (Phi) is 5.42. The Morgan fingerprint density at radius 1 is 1.24 bits per heavy atom. The second-order valence-corrected chi connectivity index (χ2v) is 4.44. The van der Waals surface area contributed by atoms with Crippen molar-refractivity contribution in [3.8, 4) is 0 Å². The molecule has 1 aliphatic rings. The van der Waals surface area contributed by atoms with Crippen molar-refractivity contribution in [3.63, 3.8) is 0 Å². The van der Waals surface area contributed by atoms with Gasteiger partial charge in [-0.3, -0.25) is 4.79 Å². The van der Waals surface area contributed by atoms with Gasteiger partial charge in [0.15, 0.2) is 0 Å². The van der Waals surface area contributed by atoms with Crippen LogP contribution in [0.1, 0.15) is 38.3 Å². The van der Waals surface area contributed by atoms with E-state index in [9.17, 15) is 4.79 Å². The van der Waals surface area contributed by atoms with Crippen molar-refractivity contribution in [1.82, 2.24) is 9.47 Å². The van der Waals surface area contributed by atoms with Gasteiger partial charge in [-0.2, -0.15) is 0 Å². The van der Waals surface area contributed by atoms with Crippen LogP contribution in [0, 0.1) is 6.92 Å². The third-order valence-electron chi connectivity index (χ3n) is 3.25. The first kappa shape index (κ1) is 14.0. The van der Waals surface area contributed by atoms with Crippen LogP contribution in [-0.2, 0) is 0 Å². The van der Waals surface area contributed by atoms with Crippen LogP contribution >= 0.6 is 0 Å². The molecule has 0 aromatic carbocycles. The molecule has 17 heavy (non-hydrogen) atoms. The summed E-state index contributed by atoms with van der Waals surface area (Å²) >= 11 is 0. The summed E-state index contributed by atoms with van der Waals surface area (Å²) in [6, 6.07) is 4.25. The molecule has 1 aliphatic heterocycles. The van der Waals surface area contributed by atoms with Crippen molar-refractivity contribution >= 4 is 0 Å². The topological polar surface area (TPSA) is 25.2 Å². The van der Waals surface area contributed by atoms with Crippen LogP contribution in [0.2, 0.25) is 0 Å². The lowest BCUT2D eigenvalue weighted by molar-refractivity contribution is 0.218. The molecule has 0 saturated carbocycles. The standard InChI is InChI=1S/C12H18N2O.C2H6/c1-10-4-3-7-14(12(10)15)11-5-8-13(2)9-6-11;1-2/h3-4,7,11H,5-6,8-9H2,1-2H3;1-2H3. The molecule has 96 valence electrons. The highest BCUT2D eigenvalue weighted by atomic mass is 16.1. The molecule has 1 fully saturated rings. The number of likely N-dealkylation sites (tertiary alicyclic amines) is 1. The van der Waals surface area contributed by atoms with Crippen LogP contribution in [0.25, 0.3) is 0 Å². The number of hydrogen-bond donors (Lipinski definition) is 0. The van der Waals surface area contributed by atoms with Crippen molar-refractivity contribution in [1.29, 1.82) is 0 Å². The molecular weight excluding hydrogens is 212 g/mol. The molecule has 0 amide bonds. The Hall–Kier alpha value is -1.09. The molecule has 2 rings (SSSR count). The molecule has 0 bridgehead atoms. The number of hydrogen-bond acceptors (Lipinski definition) is 2. The predicted molar refractivity (Wildman–Crippen MR) is 72.6 cm³/mol. The van der Waals surface area contributed by atoms with E-state index >= 15 is 0 Å². The minimum absolute atomic E-state index is 0.173. The van der Waals surface area contributed by atoms with Crippen molar-refractivity contribution in [2.24, 2.45) is 0 Å². The molecule has 0 atom stereocenters. The van der Waals surface area contributed by atoms with Crippen LogP contribution in [0.4, 0.5) is 0 Å². The number of pyridine rings is 1. The summed E-state index contributed by atoms with van der Waals surface area (Å²) in [6.45, 7) is 8.06. The summed E-state index contributed by atoms with van der Waals surface area (Å²) in [5.41, 5.74) is 1.02. The van der Waals surface area contributed by atoms with Gasteiger partial charge in [-0.1, -0.05) is 19.9 Å². The fraction of sp³-hybridized carbons (Fsp3) is 0.643. The van der Waals surface area contributed by atoms with Crippen LogP contribution < -0.4 is 5.56 Å². The molecule has 3 heteroatoms. The van der Waals surface area contributed by atoms with E-state index in [0.717, 1.165) is 31.5 Å². The highest BCUT2D eigenvalue weighted by Gasteiger charge is 2.18. The highest BCUT2D eigenvalue weighted by molar-refractivity contribution is 5.08. The second kappa shape index (κ2) is 6.60. The molecule has 0 radical (unpaired) electrons.